The van der Waals surface area contributed by atoms with Crippen LogP contribution in [0, 0.1) is 0 Å². The van der Waals surface area contributed by atoms with Gasteiger partial charge in [0.05, 0.1) is 18.0 Å². The van der Waals surface area contributed by atoms with E-state index in [-0.39, 0.29) is 12.5 Å². The van der Waals surface area contributed by atoms with Crippen LogP contribution in [0.5, 0.6) is 5.75 Å². The molecule has 5 nitrogen and oxygen atoms in total. The van der Waals surface area contributed by atoms with Crippen molar-refractivity contribution >= 4 is 17.3 Å². The van der Waals surface area contributed by atoms with Gasteiger partial charge in [-0.2, -0.15) is 0 Å². The van der Waals surface area contributed by atoms with Gasteiger partial charge >= 0.3 is 0 Å². The van der Waals surface area contributed by atoms with Crippen molar-refractivity contribution in [1.29, 1.82) is 0 Å². The number of hydrogen-bond acceptors (Lipinski definition) is 4. The molecule has 1 amide bonds. The third-order valence-electron chi connectivity index (χ3n) is 3.01. The molecule has 110 valence electrons. The van der Waals surface area contributed by atoms with Crippen molar-refractivity contribution in [2.45, 2.75) is 19.6 Å². The van der Waals surface area contributed by atoms with Crippen molar-refractivity contribution in [3.05, 3.63) is 54.1 Å². The molecule has 0 aliphatic heterocycles. The Morgan fingerprint density at radius 1 is 1.24 bits per heavy atom. The molecule has 1 unspecified atom stereocenters. The fourth-order valence-electron chi connectivity index (χ4n) is 1.78. The molecule has 0 radical (unpaired) electrons. The summed E-state index contributed by atoms with van der Waals surface area (Å²) in [5.74, 6) is 0.287. The highest BCUT2D eigenvalue weighted by atomic mass is 16.5. The number of ether oxygens (including phenoxy) is 1. The topological polar surface area (TPSA) is 84.6 Å². The summed E-state index contributed by atoms with van der Waals surface area (Å²) in [6.45, 7) is 1.64. The number of benzene rings is 2. The Morgan fingerprint density at radius 2 is 1.90 bits per heavy atom. The minimum Gasteiger partial charge on any atom is -0.481 e. The van der Waals surface area contributed by atoms with Crippen molar-refractivity contribution in [2.24, 2.45) is 0 Å². The highest BCUT2D eigenvalue weighted by Gasteiger charge is 2.15. The van der Waals surface area contributed by atoms with Crippen molar-refractivity contribution in [3.63, 3.8) is 0 Å². The molecule has 0 fully saturated rings. The zero-order chi connectivity index (χ0) is 15.2. The summed E-state index contributed by atoms with van der Waals surface area (Å²) >= 11 is 0. The molecule has 0 bridgehead atoms. The number of amides is 1. The maximum Gasteiger partial charge on any atom is 0.265 e. The first kappa shape index (κ1) is 14.9. The van der Waals surface area contributed by atoms with Gasteiger partial charge in [-0.25, -0.2) is 0 Å². The second kappa shape index (κ2) is 6.76. The Labute approximate surface area is 123 Å². The van der Waals surface area contributed by atoms with Gasteiger partial charge in [0, 0.05) is 0 Å². The third-order valence-corrected chi connectivity index (χ3v) is 3.01. The maximum atomic E-state index is 12.1. The van der Waals surface area contributed by atoms with E-state index in [0.717, 1.165) is 5.56 Å². The van der Waals surface area contributed by atoms with Crippen LogP contribution in [-0.2, 0) is 11.4 Å². The van der Waals surface area contributed by atoms with Crippen molar-refractivity contribution in [1.82, 2.24) is 0 Å². The van der Waals surface area contributed by atoms with Gasteiger partial charge in [-0.1, -0.05) is 24.3 Å². The Kier molecular flexibility index (Phi) is 4.79. The molecular weight excluding hydrogens is 268 g/mol. The smallest absolute Gasteiger partial charge is 0.265 e. The van der Waals surface area contributed by atoms with Crippen LogP contribution >= 0.6 is 0 Å². The molecule has 2 aromatic rings. The molecule has 0 aliphatic carbocycles. The van der Waals surface area contributed by atoms with Gasteiger partial charge in [0.1, 0.15) is 5.75 Å². The van der Waals surface area contributed by atoms with Crippen LogP contribution in [0.25, 0.3) is 0 Å². The average Bonchev–Trinajstić information content (AvgIpc) is 2.50. The van der Waals surface area contributed by atoms with E-state index in [9.17, 15) is 4.79 Å². The zero-order valence-electron chi connectivity index (χ0n) is 11.7. The molecule has 0 aromatic heterocycles. The van der Waals surface area contributed by atoms with Crippen LogP contribution in [0.2, 0.25) is 0 Å². The predicted molar refractivity (Wildman–Crippen MR) is 81.9 cm³/mol. The normalized spacial score (nSPS) is 11.7. The van der Waals surface area contributed by atoms with E-state index in [2.05, 4.69) is 5.32 Å². The number of anilines is 2. The Bertz CT molecular complexity index is 611. The van der Waals surface area contributed by atoms with Gasteiger partial charge in [0.15, 0.2) is 6.10 Å². The van der Waals surface area contributed by atoms with Crippen molar-refractivity contribution < 1.29 is 14.6 Å². The lowest BCUT2D eigenvalue weighted by Gasteiger charge is -2.15. The second-order valence-electron chi connectivity index (χ2n) is 4.64. The Balaban J connectivity index is 1.97. The molecule has 0 saturated carbocycles. The van der Waals surface area contributed by atoms with Gasteiger partial charge in [-0.3, -0.25) is 4.79 Å². The molecule has 4 N–H and O–H groups in total. The summed E-state index contributed by atoms with van der Waals surface area (Å²) < 4.78 is 5.55. The average molecular weight is 286 g/mol. The number of aliphatic hydroxyl groups is 1. The molecule has 2 rings (SSSR count). The zero-order valence-corrected chi connectivity index (χ0v) is 11.7. The van der Waals surface area contributed by atoms with E-state index in [1.54, 1.807) is 55.5 Å². The van der Waals surface area contributed by atoms with E-state index in [1.807, 2.05) is 0 Å². The molecule has 2 aromatic carbocycles. The summed E-state index contributed by atoms with van der Waals surface area (Å²) in [4.78, 5) is 12.1. The summed E-state index contributed by atoms with van der Waals surface area (Å²) in [6.07, 6.45) is -0.662. The lowest BCUT2D eigenvalue weighted by Crippen LogP contribution is -2.30. The van der Waals surface area contributed by atoms with E-state index >= 15 is 0 Å². The SMILES string of the molecule is CC(Oc1ccc(CO)cc1)C(=O)Nc1ccccc1N. The van der Waals surface area contributed by atoms with E-state index in [4.69, 9.17) is 15.6 Å². The number of hydrogen-bond donors (Lipinski definition) is 3. The van der Waals surface area contributed by atoms with Crippen LogP contribution in [0.4, 0.5) is 11.4 Å². The second-order valence-corrected chi connectivity index (χ2v) is 4.64. The summed E-state index contributed by atoms with van der Waals surface area (Å²) in [7, 11) is 0. The number of aliphatic hydroxyl groups excluding tert-OH is 1. The van der Waals surface area contributed by atoms with E-state index in [1.165, 1.54) is 0 Å². The number of carbonyl (C=O) groups is 1. The van der Waals surface area contributed by atoms with Crippen LogP contribution in [0.1, 0.15) is 12.5 Å². The lowest BCUT2D eigenvalue weighted by atomic mass is 10.2. The fourth-order valence-corrected chi connectivity index (χ4v) is 1.78. The first-order valence-corrected chi connectivity index (χ1v) is 6.62. The number of rotatable bonds is 5. The van der Waals surface area contributed by atoms with E-state index < -0.39 is 6.10 Å². The third kappa shape index (κ3) is 3.97. The molecule has 1 atom stereocenters. The lowest BCUT2D eigenvalue weighted by molar-refractivity contribution is -0.122. The van der Waals surface area contributed by atoms with Crippen molar-refractivity contribution in [3.8, 4) is 5.75 Å². The van der Waals surface area contributed by atoms with E-state index in [0.29, 0.717) is 17.1 Å². The van der Waals surface area contributed by atoms with Crippen LogP contribution < -0.4 is 15.8 Å². The Hall–Kier alpha value is -2.53. The molecule has 0 aliphatic rings. The number of nitrogens with one attached hydrogen (secondary N) is 1. The summed E-state index contributed by atoms with van der Waals surface area (Å²) in [5.41, 5.74) is 7.63. The molecule has 5 heteroatoms. The number of nitrogens with two attached hydrogens (primary N) is 1. The minimum atomic E-state index is -0.662. The molecule has 0 saturated heterocycles. The number of nitrogen functional groups attached to an aromatic ring is 1. The molecular formula is C16H18N2O3. The molecule has 21 heavy (non-hydrogen) atoms. The standard InChI is InChI=1S/C16H18N2O3/c1-11(21-13-8-6-12(10-19)7-9-13)16(20)18-15-5-3-2-4-14(15)17/h2-9,11,19H,10,17H2,1H3,(H,18,20). The van der Waals surface area contributed by atoms with Gasteiger partial charge in [-0.05, 0) is 36.8 Å². The quantitative estimate of drug-likeness (QED) is 0.735. The Morgan fingerprint density at radius 3 is 2.52 bits per heavy atom. The largest absolute Gasteiger partial charge is 0.481 e. The summed E-state index contributed by atoms with van der Waals surface area (Å²) in [6, 6.07) is 14.0. The van der Waals surface area contributed by atoms with Crippen LogP contribution in [-0.4, -0.2) is 17.1 Å². The molecule has 0 spiro atoms. The van der Waals surface area contributed by atoms with Gasteiger partial charge in [0.25, 0.3) is 5.91 Å². The summed E-state index contributed by atoms with van der Waals surface area (Å²) in [5, 5.41) is 11.7. The molecule has 0 heterocycles. The van der Waals surface area contributed by atoms with Crippen LogP contribution in [0.3, 0.4) is 0 Å². The van der Waals surface area contributed by atoms with Crippen LogP contribution in [0.15, 0.2) is 48.5 Å². The number of para-hydroxylation sites is 2. The highest BCUT2D eigenvalue weighted by molar-refractivity contribution is 5.96. The fraction of sp³-hybridized carbons (Fsp3) is 0.188. The van der Waals surface area contributed by atoms with Crippen molar-refractivity contribution in [2.75, 3.05) is 11.1 Å². The predicted octanol–water partition coefficient (Wildman–Crippen LogP) is 2.17. The monoisotopic (exact) mass is 286 g/mol. The first-order chi connectivity index (χ1) is 10.1. The van der Waals surface area contributed by atoms with Gasteiger partial charge in [0.2, 0.25) is 0 Å². The maximum absolute atomic E-state index is 12.1. The van der Waals surface area contributed by atoms with Gasteiger partial charge in [-0.15, -0.1) is 0 Å². The highest BCUT2D eigenvalue weighted by Crippen LogP contribution is 2.18. The van der Waals surface area contributed by atoms with Gasteiger partial charge < -0.3 is 20.9 Å². The minimum absolute atomic E-state index is 0.0242. The number of carbonyl (C=O) groups excluding carboxylic acids is 1. The first-order valence-electron chi connectivity index (χ1n) is 6.62.